The van der Waals surface area contributed by atoms with Crippen LogP contribution in [0.1, 0.15) is 37.9 Å². The van der Waals surface area contributed by atoms with Crippen LogP contribution in [0.4, 0.5) is 0 Å². The topological polar surface area (TPSA) is 39.1 Å². The summed E-state index contributed by atoms with van der Waals surface area (Å²) in [6.45, 7) is 3.58. The number of ether oxygens (including phenoxy) is 1. The number of aromatic nitrogens is 2. The molecule has 1 unspecified atom stereocenters. The Kier molecular flexibility index (Phi) is 6.55. The van der Waals surface area contributed by atoms with Crippen LogP contribution in [0.15, 0.2) is 6.20 Å². The fourth-order valence-corrected chi connectivity index (χ4v) is 2.17. The standard InChI is InChI=1S/C12H22ClN3O/c1-4-5-6-11(14-2)12-10(13)9-15-16(12)7-8-17-3/h9,11,14H,4-8H2,1-3H3. The molecule has 0 amide bonds. The van der Waals surface area contributed by atoms with Crippen LogP contribution in [0.5, 0.6) is 0 Å². The molecule has 98 valence electrons. The van der Waals surface area contributed by atoms with Gasteiger partial charge in [-0.1, -0.05) is 31.4 Å². The van der Waals surface area contributed by atoms with Gasteiger partial charge in [0.05, 0.1) is 36.1 Å². The normalized spacial score (nSPS) is 12.9. The Morgan fingerprint density at radius 2 is 2.35 bits per heavy atom. The first-order valence-electron chi connectivity index (χ1n) is 6.12. The highest BCUT2D eigenvalue weighted by Gasteiger charge is 2.18. The number of hydrogen-bond acceptors (Lipinski definition) is 3. The van der Waals surface area contributed by atoms with Crippen LogP contribution in [0.3, 0.4) is 0 Å². The van der Waals surface area contributed by atoms with Crippen LogP contribution < -0.4 is 5.32 Å². The number of nitrogens with one attached hydrogen (secondary N) is 1. The number of rotatable bonds is 8. The van der Waals surface area contributed by atoms with Crippen LogP contribution in [0.25, 0.3) is 0 Å². The summed E-state index contributed by atoms with van der Waals surface area (Å²) < 4.78 is 7.01. The van der Waals surface area contributed by atoms with Crippen molar-refractivity contribution in [3.8, 4) is 0 Å². The quantitative estimate of drug-likeness (QED) is 0.780. The predicted molar refractivity (Wildman–Crippen MR) is 70.4 cm³/mol. The lowest BCUT2D eigenvalue weighted by atomic mass is 10.1. The molecule has 1 rings (SSSR count). The molecule has 1 N–H and O–H groups in total. The van der Waals surface area contributed by atoms with Gasteiger partial charge in [-0.3, -0.25) is 4.68 Å². The molecule has 0 spiro atoms. The van der Waals surface area contributed by atoms with E-state index in [0.29, 0.717) is 6.61 Å². The van der Waals surface area contributed by atoms with E-state index in [1.165, 1.54) is 12.8 Å². The molecule has 5 heteroatoms. The first-order valence-corrected chi connectivity index (χ1v) is 6.49. The van der Waals surface area contributed by atoms with Crippen molar-refractivity contribution in [1.82, 2.24) is 15.1 Å². The highest BCUT2D eigenvalue weighted by atomic mass is 35.5. The molecular weight excluding hydrogens is 238 g/mol. The second-order valence-corrected chi connectivity index (χ2v) is 4.48. The number of methoxy groups -OCH3 is 1. The van der Waals surface area contributed by atoms with Crippen LogP contribution in [0.2, 0.25) is 5.02 Å². The highest BCUT2D eigenvalue weighted by molar-refractivity contribution is 6.31. The van der Waals surface area contributed by atoms with E-state index in [1.54, 1.807) is 13.3 Å². The summed E-state index contributed by atoms with van der Waals surface area (Å²) in [5.74, 6) is 0. The smallest absolute Gasteiger partial charge is 0.0834 e. The van der Waals surface area contributed by atoms with Crippen LogP contribution in [0, 0.1) is 0 Å². The summed E-state index contributed by atoms with van der Waals surface area (Å²) in [4.78, 5) is 0. The Bertz CT molecular complexity index is 328. The average Bonchev–Trinajstić information content (AvgIpc) is 2.70. The van der Waals surface area contributed by atoms with Gasteiger partial charge >= 0.3 is 0 Å². The van der Waals surface area contributed by atoms with E-state index < -0.39 is 0 Å². The third-order valence-corrected chi connectivity index (χ3v) is 3.16. The van der Waals surface area contributed by atoms with Crippen molar-refractivity contribution in [2.75, 3.05) is 20.8 Å². The summed E-state index contributed by atoms with van der Waals surface area (Å²) in [6, 6.07) is 0.266. The average molecular weight is 260 g/mol. The van der Waals surface area contributed by atoms with Gasteiger partial charge in [0.1, 0.15) is 0 Å². The molecule has 0 fully saturated rings. The van der Waals surface area contributed by atoms with E-state index in [2.05, 4.69) is 17.3 Å². The molecular formula is C12H22ClN3O. The second-order valence-electron chi connectivity index (χ2n) is 4.08. The summed E-state index contributed by atoms with van der Waals surface area (Å²) in [7, 11) is 3.65. The first-order chi connectivity index (χ1) is 8.24. The summed E-state index contributed by atoms with van der Waals surface area (Å²) in [6.07, 6.45) is 5.15. The minimum absolute atomic E-state index is 0.266. The molecule has 0 saturated heterocycles. The van der Waals surface area contributed by atoms with E-state index in [-0.39, 0.29) is 6.04 Å². The van der Waals surface area contributed by atoms with E-state index >= 15 is 0 Å². The van der Waals surface area contributed by atoms with Gasteiger partial charge in [-0.25, -0.2) is 0 Å². The maximum atomic E-state index is 6.21. The van der Waals surface area contributed by atoms with Crippen molar-refractivity contribution in [2.24, 2.45) is 0 Å². The SMILES string of the molecule is CCCCC(NC)c1c(Cl)cnn1CCOC. The van der Waals surface area contributed by atoms with Crippen molar-refractivity contribution in [3.63, 3.8) is 0 Å². The molecule has 1 atom stereocenters. The number of hydrogen-bond donors (Lipinski definition) is 1. The minimum Gasteiger partial charge on any atom is -0.383 e. The van der Waals surface area contributed by atoms with Gasteiger partial charge in [0, 0.05) is 7.11 Å². The van der Waals surface area contributed by atoms with Crippen molar-refractivity contribution >= 4 is 11.6 Å². The van der Waals surface area contributed by atoms with Gasteiger partial charge in [0.2, 0.25) is 0 Å². The molecule has 0 aliphatic carbocycles. The molecule has 0 aromatic carbocycles. The van der Waals surface area contributed by atoms with Crippen LogP contribution >= 0.6 is 11.6 Å². The molecule has 1 aromatic heterocycles. The zero-order chi connectivity index (χ0) is 12.7. The Balaban J connectivity index is 2.80. The van der Waals surface area contributed by atoms with Gasteiger partial charge in [-0.05, 0) is 13.5 Å². The molecule has 1 aromatic rings. The van der Waals surface area contributed by atoms with E-state index in [4.69, 9.17) is 16.3 Å². The van der Waals surface area contributed by atoms with Crippen molar-refractivity contribution < 1.29 is 4.74 Å². The van der Waals surface area contributed by atoms with Gasteiger partial charge in [-0.15, -0.1) is 0 Å². The second kappa shape index (κ2) is 7.69. The molecule has 4 nitrogen and oxygen atoms in total. The lowest BCUT2D eigenvalue weighted by Gasteiger charge is -2.18. The lowest BCUT2D eigenvalue weighted by Crippen LogP contribution is -2.22. The minimum atomic E-state index is 0.266. The highest BCUT2D eigenvalue weighted by Crippen LogP contribution is 2.26. The Morgan fingerprint density at radius 1 is 1.59 bits per heavy atom. The van der Waals surface area contributed by atoms with Gasteiger partial charge in [0.25, 0.3) is 0 Å². The third kappa shape index (κ3) is 3.98. The third-order valence-electron chi connectivity index (χ3n) is 2.87. The Labute approximate surface area is 108 Å². The number of halogens is 1. The maximum Gasteiger partial charge on any atom is 0.0834 e. The largest absolute Gasteiger partial charge is 0.383 e. The van der Waals surface area contributed by atoms with Crippen molar-refractivity contribution in [1.29, 1.82) is 0 Å². The van der Waals surface area contributed by atoms with Crippen molar-refractivity contribution in [2.45, 2.75) is 38.8 Å². The fourth-order valence-electron chi connectivity index (χ4n) is 1.90. The molecule has 0 aliphatic heterocycles. The van der Waals surface area contributed by atoms with E-state index in [0.717, 1.165) is 23.7 Å². The molecule has 0 aliphatic rings. The maximum absolute atomic E-state index is 6.21. The molecule has 1 heterocycles. The predicted octanol–water partition coefficient (Wildman–Crippen LogP) is 2.63. The van der Waals surface area contributed by atoms with Crippen LogP contribution in [-0.4, -0.2) is 30.5 Å². The zero-order valence-electron chi connectivity index (χ0n) is 10.9. The van der Waals surface area contributed by atoms with Crippen LogP contribution in [-0.2, 0) is 11.3 Å². The molecule has 0 radical (unpaired) electrons. The fraction of sp³-hybridized carbons (Fsp3) is 0.750. The number of unbranched alkanes of at least 4 members (excludes halogenated alkanes) is 1. The lowest BCUT2D eigenvalue weighted by molar-refractivity contribution is 0.181. The Hall–Kier alpha value is -0.580. The molecule has 0 saturated carbocycles. The van der Waals surface area contributed by atoms with Gasteiger partial charge < -0.3 is 10.1 Å². The first kappa shape index (κ1) is 14.5. The summed E-state index contributed by atoms with van der Waals surface area (Å²) in [5, 5.41) is 8.34. The van der Waals surface area contributed by atoms with E-state index in [1.807, 2.05) is 11.7 Å². The molecule has 17 heavy (non-hydrogen) atoms. The monoisotopic (exact) mass is 259 g/mol. The molecule has 0 bridgehead atoms. The van der Waals surface area contributed by atoms with Crippen molar-refractivity contribution in [3.05, 3.63) is 16.9 Å². The number of nitrogens with zero attached hydrogens (tertiary/aromatic N) is 2. The summed E-state index contributed by atoms with van der Waals surface area (Å²) >= 11 is 6.21. The van der Waals surface area contributed by atoms with Gasteiger partial charge in [0.15, 0.2) is 0 Å². The summed E-state index contributed by atoms with van der Waals surface area (Å²) in [5.41, 5.74) is 1.07. The van der Waals surface area contributed by atoms with Gasteiger partial charge in [-0.2, -0.15) is 5.10 Å². The Morgan fingerprint density at radius 3 is 2.94 bits per heavy atom. The zero-order valence-corrected chi connectivity index (χ0v) is 11.6. The van der Waals surface area contributed by atoms with E-state index in [9.17, 15) is 0 Å².